The Labute approximate surface area is 166 Å². The molecule has 0 saturated heterocycles. The van der Waals surface area contributed by atoms with Crippen LogP contribution in [0, 0.1) is 0 Å². The molecule has 29 heavy (non-hydrogen) atoms. The quantitative estimate of drug-likeness (QED) is 0.351. The number of aromatic nitrogens is 6. The molecular formula is C18H16F4N6S. The summed E-state index contributed by atoms with van der Waals surface area (Å²) in [5, 5.41) is 8.89. The first-order valence-electron chi connectivity index (χ1n) is 9.29. The van der Waals surface area contributed by atoms with E-state index in [2.05, 4.69) is 20.2 Å². The van der Waals surface area contributed by atoms with Crippen LogP contribution in [0.3, 0.4) is 0 Å². The van der Waals surface area contributed by atoms with Gasteiger partial charge in [0.05, 0.1) is 5.39 Å². The Bertz CT molecular complexity index is 1190. The first-order valence-corrected chi connectivity index (χ1v) is 10.1. The monoisotopic (exact) mass is 424 g/mol. The molecule has 5 rings (SSSR count). The van der Waals surface area contributed by atoms with E-state index in [4.69, 9.17) is 0 Å². The number of rotatable bonds is 4. The SMILES string of the molecule is FC(F)c1cc(C(F)F)n(Cc2nc3c4c5c(sc4ncn3n2)CCCCC5)n1. The molecule has 0 unspecified atom stereocenters. The minimum Gasteiger partial charge on any atom is -0.256 e. The summed E-state index contributed by atoms with van der Waals surface area (Å²) in [6.07, 6.45) is 1.10. The maximum atomic E-state index is 13.2. The molecule has 4 aromatic heterocycles. The van der Waals surface area contributed by atoms with Gasteiger partial charge in [-0.15, -0.1) is 16.4 Å². The Hall–Kier alpha value is -2.56. The molecular weight excluding hydrogens is 408 g/mol. The molecule has 0 bridgehead atoms. The summed E-state index contributed by atoms with van der Waals surface area (Å²) in [4.78, 5) is 11.2. The van der Waals surface area contributed by atoms with Crippen molar-refractivity contribution < 1.29 is 17.6 Å². The van der Waals surface area contributed by atoms with E-state index in [1.54, 1.807) is 17.7 Å². The first kappa shape index (κ1) is 18.5. The smallest absolute Gasteiger partial charge is 0.256 e. The zero-order valence-electron chi connectivity index (χ0n) is 15.2. The van der Waals surface area contributed by atoms with Crippen LogP contribution in [0.2, 0.25) is 0 Å². The second-order valence-corrected chi connectivity index (χ2v) is 8.12. The van der Waals surface area contributed by atoms with Crippen LogP contribution in [0.5, 0.6) is 0 Å². The van der Waals surface area contributed by atoms with Crippen LogP contribution >= 0.6 is 11.3 Å². The van der Waals surface area contributed by atoms with Gasteiger partial charge < -0.3 is 0 Å². The summed E-state index contributed by atoms with van der Waals surface area (Å²) in [6.45, 7) is -0.220. The molecule has 152 valence electrons. The average molecular weight is 424 g/mol. The molecule has 0 aliphatic heterocycles. The van der Waals surface area contributed by atoms with E-state index in [-0.39, 0.29) is 12.4 Å². The summed E-state index contributed by atoms with van der Waals surface area (Å²) >= 11 is 1.66. The number of halogens is 4. The van der Waals surface area contributed by atoms with E-state index < -0.39 is 24.2 Å². The van der Waals surface area contributed by atoms with Gasteiger partial charge in [-0.2, -0.15) is 5.10 Å². The van der Waals surface area contributed by atoms with Gasteiger partial charge in [0.15, 0.2) is 11.5 Å². The predicted molar refractivity (Wildman–Crippen MR) is 98.7 cm³/mol. The zero-order chi connectivity index (χ0) is 20.1. The van der Waals surface area contributed by atoms with E-state index in [1.807, 2.05) is 0 Å². The Morgan fingerprint density at radius 1 is 1.03 bits per heavy atom. The van der Waals surface area contributed by atoms with Gasteiger partial charge in [-0.05, 0) is 37.3 Å². The minimum atomic E-state index is -2.92. The highest BCUT2D eigenvalue weighted by Gasteiger charge is 2.23. The fourth-order valence-electron chi connectivity index (χ4n) is 3.84. The molecule has 0 N–H and O–H groups in total. The first-order chi connectivity index (χ1) is 14.0. The Morgan fingerprint density at radius 3 is 2.66 bits per heavy atom. The van der Waals surface area contributed by atoms with Gasteiger partial charge in [0.2, 0.25) is 0 Å². The fraction of sp³-hybridized carbons (Fsp3) is 0.444. The van der Waals surface area contributed by atoms with Crippen molar-refractivity contribution in [3.05, 3.63) is 40.0 Å². The van der Waals surface area contributed by atoms with E-state index in [9.17, 15) is 17.6 Å². The number of aryl methyl sites for hydroxylation is 2. The van der Waals surface area contributed by atoms with Gasteiger partial charge in [0.1, 0.15) is 29.1 Å². The van der Waals surface area contributed by atoms with Crippen molar-refractivity contribution in [3.63, 3.8) is 0 Å². The van der Waals surface area contributed by atoms with Crippen molar-refractivity contribution >= 4 is 27.2 Å². The molecule has 0 saturated carbocycles. The van der Waals surface area contributed by atoms with Crippen LogP contribution in [0.4, 0.5) is 17.6 Å². The van der Waals surface area contributed by atoms with Gasteiger partial charge in [-0.1, -0.05) is 6.42 Å². The van der Waals surface area contributed by atoms with E-state index >= 15 is 0 Å². The molecule has 6 nitrogen and oxygen atoms in total. The third-order valence-corrected chi connectivity index (χ3v) is 6.35. The van der Waals surface area contributed by atoms with Crippen molar-refractivity contribution in [2.24, 2.45) is 0 Å². The van der Waals surface area contributed by atoms with E-state index in [0.29, 0.717) is 5.65 Å². The van der Waals surface area contributed by atoms with Crippen LogP contribution in [-0.4, -0.2) is 29.4 Å². The summed E-state index contributed by atoms with van der Waals surface area (Å²) in [5.41, 5.74) is 0.597. The standard InChI is InChI=1S/C18H16F4N6S/c19-15(20)10-6-11(16(21)22)27(25-10)7-13-24-17-14-9-4-2-1-3-5-12(9)29-18(14)23-8-28(17)26-13/h6,8,15-16H,1-5,7H2. The maximum Gasteiger partial charge on any atom is 0.282 e. The van der Waals surface area contributed by atoms with Crippen molar-refractivity contribution in [1.82, 2.24) is 29.4 Å². The van der Waals surface area contributed by atoms with E-state index in [0.717, 1.165) is 46.6 Å². The van der Waals surface area contributed by atoms with Crippen LogP contribution in [0.25, 0.3) is 15.9 Å². The van der Waals surface area contributed by atoms with Gasteiger partial charge in [0.25, 0.3) is 12.9 Å². The average Bonchev–Trinajstić information content (AvgIpc) is 3.32. The Balaban J connectivity index is 1.59. The summed E-state index contributed by atoms with van der Waals surface area (Å²) in [5.74, 6) is 0.221. The number of nitrogens with zero attached hydrogens (tertiary/aromatic N) is 6. The lowest BCUT2D eigenvalue weighted by molar-refractivity contribution is 0.139. The maximum absolute atomic E-state index is 13.2. The number of fused-ring (bicyclic) bond motifs is 5. The number of hydrogen-bond donors (Lipinski definition) is 0. The molecule has 0 atom stereocenters. The molecule has 0 amide bonds. The number of hydrogen-bond acceptors (Lipinski definition) is 5. The Morgan fingerprint density at radius 2 is 1.86 bits per heavy atom. The molecule has 0 radical (unpaired) electrons. The van der Waals surface area contributed by atoms with Crippen LogP contribution in [-0.2, 0) is 19.4 Å². The largest absolute Gasteiger partial charge is 0.282 e. The van der Waals surface area contributed by atoms with Crippen molar-refractivity contribution in [2.45, 2.75) is 51.5 Å². The van der Waals surface area contributed by atoms with Gasteiger partial charge in [-0.25, -0.2) is 32.0 Å². The molecule has 0 spiro atoms. The topological polar surface area (TPSA) is 60.9 Å². The van der Waals surface area contributed by atoms with Crippen LogP contribution in [0.15, 0.2) is 12.4 Å². The lowest BCUT2D eigenvalue weighted by atomic mass is 10.1. The third-order valence-electron chi connectivity index (χ3n) is 5.15. The molecule has 1 aliphatic carbocycles. The summed E-state index contributed by atoms with van der Waals surface area (Å²) in [6, 6.07) is 0.726. The number of alkyl halides is 4. The van der Waals surface area contributed by atoms with Gasteiger partial charge in [-0.3, -0.25) is 4.68 Å². The van der Waals surface area contributed by atoms with E-state index in [1.165, 1.54) is 21.4 Å². The second-order valence-electron chi connectivity index (χ2n) is 7.04. The van der Waals surface area contributed by atoms with Crippen LogP contribution in [0.1, 0.15) is 59.8 Å². The van der Waals surface area contributed by atoms with Crippen molar-refractivity contribution in [1.29, 1.82) is 0 Å². The number of thiophene rings is 1. The second kappa shape index (κ2) is 7.05. The Kier molecular flexibility index (Phi) is 4.49. The van der Waals surface area contributed by atoms with Crippen molar-refractivity contribution in [3.8, 4) is 0 Å². The molecule has 1 aliphatic rings. The lowest BCUT2D eigenvalue weighted by Gasteiger charge is -2.03. The fourth-order valence-corrected chi connectivity index (χ4v) is 5.06. The summed E-state index contributed by atoms with van der Waals surface area (Å²) in [7, 11) is 0. The highest BCUT2D eigenvalue weighted by molar-refractivity contribution is 7.19. The van der Waals surface area contributed by atoms with Crippen LogP contribution < -0.4 is 0 Å². The zero-order valence-corrected chi connectivity index (χ0v) is 16.0. The predicted octanol–water partition coefficient (Wildman–Crippen LogP) is 4.73. The minimum absolute atomic E-state index is 0.220. The van der Waals surface area contributed by atoms with Gasteiger partial charge >= 0.3 is 0 Å². The lowest BCUT2D eigenvalue weighted by Crippen LogP contribution is -2.08. The normalized spacial score (nSPS) is 15.0. The molecule has 4 aromatic rings. The highest BCUT2D eigenvalue weighted by Crippen LogP contribution is 2.36. The molecule has 11 heteroatoms. The third kappa shape index (κ3) is 3.17. The van der Waals surface area contributed by atoms with Crippen molar-refractivity contribution in [2.75, 3.05) is 0 Å². The summed E-state index contributed by atoms with van der Waals surface area (Å²) < 4.78 is 54.7. The molecule has 4 heterocycles. The van der Waals surface area contributed by atoms with Gasteiger partial charge in [0, 0.05) is 4.88 Å². The highest BCUT2D eigenvalue weighted by atomic mass is 32.1. The molecule has 0 aromatic carbocycles. The molecule has 0 fully saturated rings.